The summed E-state index contributed by atoms with van der Waals surface area (Å²) in [7, 11) is 0. The molecule has 162 valence electrons. The second kappa shape index (κ2) is 9.41. The Bertz CT molecular complexity index is 1040. The van der Waals surface area contributed by atoms with E-state index in [4.69, 9.17) is 4.98 Å². The van der Waals surface area contributed by atoms with Gasteiger partial charge in [0, 0.05) is 37.3 Å². The number of amides is 1. The quantitative estimate of drug-likeness (QED) is 0.608. The maximum atomic E-state index is 12.8. The molecule has 0 N–H and O–H groups in total. The topological polar surface area (TPSA) is 63.9 Å². The highest BCUT2D eigenvalue weighted by Gasteiger charge is 2.25. The van der Waals surface area contributed by atoms with Crippen molar-refractivity contribution in [2.24, 2.45) is 0 Å². The molecular weight excluding hydrogens is 386 g/mol. The van der Waals surface area contributed by atoms with Gasteiger partial charge in [-0.05, 0) is 57.2 Å². The normalized spacial score (nSPS) is 16.5. The molecule has 1 amide bonds. The molecule has 1 saturated heterocycles. The number of benzene rings is 1. The second-order valence-corrected chi connectivity index (χ2v) is 8.62. The van der Waals surface area contributed by atoms with Crippen molar-refractivity contribution in [3.63, 3.8) is 0 Å². The van der Waals surface area contributed by atoms with Crippen LogP contribution in [0.3, 0.4) is 0 Å². The van der Waals surface area contributed by atoms with Crippen LogP contribution in [0.15, 0.2) is 42.6 Å². The van der Waals surface area contributed by atoms with E-state index in [0.717, 1.165) is 49.7 Å². The van der Waals surface area contributed by atoms with Gasteiger partial charge in [-0.1, -0.05) is 35.9 Å². The van der Waals surface area contributed by atoms with Gasteiger partial charge in [-0.15, -0.1) is 0 Å². The summed E-state index contributed by atoms with van der Waals surface area (Å²) < 4.78 is 1.82. The summed E-state index contributed by atoms with van der Waals surface area (Å²) in [5, 5.41) is 4.36. The number of carbonyl (C=O) groups is 1. The number of rotatable bonds is 6. The summed E-state index contributed by atoms with van der Waals surface area (Å²) in [5.74, 6) is 2.10. The van der Waals surface area contributed by atoms with Crippen LogP contribution in [0.25, 0.3) is 0 Å². The molecule has 4 rings (SSSR count). The Morgan fingerprint density at radius 2 is 2.00 bits per heavy atom. The molecule has 31 heavy (non-hydrogen) atoms. The van der Waals surface area contributed by atoms with E-state index < -0.39 is 0 Å². The fourth-order valence-corrected chi connectivity index (χ4v) is 4.42. The van der Waals surface area contributed by atoms with Gasteiger partial charge in [-0.25, -0.2) is 9.67 Å². The molecule has 1 fully saturated rings. The first-order valence-electron chi connectivity index (χ1n) is 11.1. The number of aromatic nitrogens is 4. The van der Waals surface area contributed by atoms with Gasteiger partial charge in [0.1, 0.15) is 11.6 Å². The molecule has 0 bridgehead atoms. The molecule has 1 aromatic carbocycles. The Kier molecular flexibility index (Phi) is 6.44. The Labute approximate surface area is 184 Å². The predicted octanol–water partition coefficient (Wildman–Crippen LogP) is 3.99. The van der Waals surface area contributed by atoms with Crippen molar-refractivity contribution in [3.05, 3.63) is 76.6 Å². The van der Waals surface area contributed by atoms with Crippen molar-refractivity contribution in [1.82, 2.24) is 24.6 Å². The zero-order valence-corrected chi connectivity index (χ0v) is 18.7. The Morgan fingerprint density at radius 3 is 2.71 bits per heavy atom. The minimum Gasteiger partial charge on any atom is -0.342 e. The maximum Gasteiger partial charge on any atom is 0.224 e. The van der Waals surface area contributed by atoms with Crippen molar-refractivity contribution < 1.29 is 4.79 Å². The summed E-state index contributed by atoms with van der Waals surface area (Å²) in [5.41, 5.74) is 4.90. The van der Waals surface area contributed by atoms with Crippen molar-refractivity contribution in [2.75, 3.05) is 13.1 Å². The van der Waals surface area contributed by atoms with E-state index in [2.05, 4.69) is 53.4 Å². The van der Waals surface area contributed by atoms with Crippen molar-refractivity contribution in [2.45, 2.75) is 58.9 Å². The van der Waals surface area contributed by atoms with E-state index in [1.165, 1.54) is 16.7 Å². The van der Waals surface area contributed by atoms with Gasteiger partial charge < -0.3 is 4.90 Å². The first kappa shape index (κ1) is 21.2. The average molecular weight is 418 g/mol. The number of nitrogens with zero attached hydrogens (tertiary/aromatic N) is 5. The van der Waals surface area contributed by atoms with Gasteiger partial charge >= 0.3 is 0 Å². The molecule has 0 radical (unpaired) electrons. The van der Waals surface area contributed by atoms with Gasteiger partial charge in [0.25, 0.3) is 0 Å². The van der Waals surface area contributed by atoms with Gasteiger partial charge in [0.05, 0.1) is 6.54 Å². The molecule has 3 heterocycles. The molecule has 0 spiro atoms. The highest BCUT2D eigenvalue weighted by Crippen LogP contribution is 2.26. The summed E-state index contributed by atoms with van der Waals surface area (Å²) in [4.78, 5) is 23.9. The molecule has 1 atom stereocenters. The van der Waals surface area contributed by atoms with E-state index in [-0.39, 0.29) is 5.91 Å². The standard InChI is InChI=1S/C25H31N5O/c1-18-6-4-7-21(14-18)15-22-9-10-24(26-16-22)23-8-5-12-29(17-23)25(31)11-13-30-20(3)27-19(2)28-30/h4,6-7,9-10,14,16,23H,5,8,11-13,15,17H2,1-3H3. The van der Waals surface area contributed by atoms with Crippen LogP contribution < -0.4 is 0 Å². The van der Waals surface area contributed by atoms with Gasteiger partial charge in [-0.3, -0.25) is 9.78 Å². The first-order valence-corrected chi connectivity index (χ1v) is 11.1. The Hall–Kier alpha value is -3.02. The van der Waals surface area contributed by atoms with Crippen molar-refractivity contribution in [1.29, 1.82) is 0 Å². The Balaban J connectivity index is 1.34. The zero-order chi connectivity index (χ0) is 21.8. The van der Waals surface area contributed by atoms with Crippen LogP contribution in [0.4, 0.5) is 0 Å². The molecule has 6 heteroatoms. The molecule has 3 aromatic rings. The van der Waals surface area contributed by atoms with Crippen LogP contribution in [0, 0.1) is 20.8 Å². The monoisotopic (exact) mass is 417 g/mol. The van der Waals surface area contributed by atoms with Crippen LogP contribution in [0.5, 0.6) is 0 Å². The van der Waals surface area contributed by atoms with Crippen LogP contribution in [-0.2, 0) is 17.8 Å². The second-order valence-electron chi connectivity index (χ2n) is 8.62. The SMILES string of the molecule is Cc1cccc(Cc2ccc(C3CCCN(C(=O)CCn4nc(C)nc4C)C3)nc2)c1. The van der Waals surface area contributed by atoms with Crippen molar-refractivity contribution >= 4 is 5.91 Å². The molecule has 2 aromatic heterocycles. The number of hydrogen-bond donors (Lipinski definition) is 0. The van der Waals surface area contributed by atoms with Crippen molar-refractivity contribution in [3.8, 4) is 0 Å². The minimum absolute atomic E-state index is 0.188. The summed E-state index contributed by atoms with van der Waals surface area (Å²) in [6.07, 6.45) is 5.44. The van der Waals surface area contributed by atoms with E-state index in [0.29, 0.717) is 18.9 Å². The lowest BCUT2D eigenvalue weighted by atomic mass is 9.93. The summed E-state index contributed by atoms with van der Waals surface area (Å²) >= 11 is 0. The molecule has 1 unspecified atom stereocenters. The van der Waals surface area contributed by atoms with Gasteiger partial charge in [0.15, 0.2) is 0 Å². The molecule has 1 aliphatic rings. The molecule has 0 saturated carbocycles. The molecular formula is C25H31N5O. The summed E-state index contributed by atoms with van der Waals surface area (Å²) in [6, 6.07) is 12.9. The highest BCUT2D eigenvalue weighted by molar-refractivity contribution is 5.76. The largest absolute Gasteiger partial charge is 0.342 e. The lowest BCUT2D eigenvalue weighted by molar-refractivity contribution is -0.132. The van der Waals surface area contributed by atoms with Gasteiger partial charge in [-0.2, -0.15) is 5.10 Å². The van der Waals surface area contributed by atoms with Crippen LogP contribution in [0.1, 0.15) is 59.2 Å². The fourth-order valence-electron chi connectivity index (χ4n) is 4.42. The van der Waals surface area contributed by atoms with Crippen LogP contribution >= 0.6 is 0 Å². The lowest BCUT2D eigenvalue weighted by Gasteiger charge is -2.32. The van der Waals surface area contributed by atoms with E-state index in [1.54, 1.807) is 0 Å². The highest BCUT2D eigenvalue weighted by atomic mass is 16.2. The zero-order valence-electron chi connectivity index (χ0n) is 18.7. The van der Waals surface area contributed by atoms with E-state index >= 15 is 0 Å². The first-order chi connectivity index (χ1) is 15.0. The molecule has 6 nitrogen and oxygen atoms in total. The fraction of sp³-hybridized carbons (Fsp3) is 0.440. The number of likely N-dealkylation sites (tertiary alicyclic amines) is 1. The molecule has 1 aliphatic heterocycles. The number of pyridine rings is 1. The third kappa shape index (κ3) is 5.37. The maximum absolute atomic E-state index is 12.8. The van der Waals surface area contributed by atoms with Crippen LogP contribution in [0.2, 0.25) is 0 Å². The average Bonchev–Trinajstić information content (AvgIpc) is 3.09. The number of hydrogen-bond acceptors (Lipinski definition) is 4. The third-order valence-electron chi connectivity index (χ3n) is 6.03. The van der Waals surface area contributed by atoms with E-state index in [1.807, 2.05) is 29.6 Å². The third-order valence-corrected chi connectivity index (χ3v) is 6.03. The predicted molar refractivity (Wildman–Crippen MR) is 121 cm³/mol. The number of aryl methyl sites for hydroxylation is 4. The smallest absolute Gasteiger partial charge is 0.224 e. The number of piperidine rings is 1. The number of carbonyl (C=O) groups excluding carboxylic acids is 1. The summed E-state index contributed by atoms with van der Waals surface area (Å²) in [6.45, 7) is 8.08. The minimum atomic E-state index is 0.188. The van der Waals surface area contributed by atoms with Gasteiger partial charge in [0.2, 0.25) is 5.91 Å². The molecule has 0 aliphatic carbocycles. The van der Waals surface area contributed by atoms with E-state index in [9.17, 15) is 4.79 Å². The van der Waals surface area contributed by atoms with Crippen LogP contribution in [-0.4, -0.2) is 43.6 Å². The Morgan fingerprint density at radius 1 is 1.13 bits per heavy atom. The lowest BCUT2D eigenvalue weighted by Crippen LogP contribution is -2.39.